The summed E-state index contributed by atoms with van der Waals surface area (Å²) in [5.74, 6) is 1.54. The minimum atomic E-state index is -0.332. The Kier molecular flexibility index (Phi) is 2.69. The van der Waals surface area contributed by atoms with E-state index in [0.29, 0.717) is 0 Å². The number of carbonyl (C=O) groups is 1. The first kappa shape index (κ1) is 12.0. The van der Waals surface area contributed by atoms with Crippen LogP contribution < -0.4 is 9.47 Å². The lowest BCUT2D eigenvalue weighted by atomic mass is 9.99. The molecule has 0 aliphatic carbocycles. The average Bonchev–Trinajstić information content (AvgIpc) is 2.87. The zero-order chi connectivity index (χ0) is 13.6. The van der Waals surface area contributed by atoms with Gasteiger partial charge in [-0.05, 0) is 32.0 Å². The van der Waals surface area contributed by atoms with Crippen molar-refractivity contribution in [1.29, 1.82) is 0 Å². The summed E-state index contributed by atoms with van der Waals surface area (Å²) in [7, 11) is 1.81. The molecule has 2 aliphatic heterocycles. The van der Waals surface area contributed by atoms with Crippen molar-refractivity contribution in [3.63, 3.8) is 0 Å². The third-order valence-corrected chi connectivity index (χ3v) is 3.68. The molecule has 0 spiro atoms. The van der Waals surface area contributed by atoms with Crippen LogP contribution in [0.5, 0.6) is 11.5 Å². The Morgan fingerprint density at radius 3 is 2.79 bits per heavy atom. The zero-order valence-electron chi connectivity index (χ0n) is 11.2. The molecule has 2 atom stereocenters. The molecule has 0 bridgehead atoms. The lowest BCUT2D eigenvalue weighted by molar-refractivity contribution is -0.132. The highest BCUT2D eigenvalue weighted by molar-refractivity contribution is 6.09. The molecule has 2 aliphatic rings. The molecule has 2 heterocycles. The van der Waals surface area contributed by atoms with E-state index < -0.39 is 0 Å². The zero-order valence-corrected chi connectivity index (χ0v) is 11.2. The SMILES string of the molecule is CC1C(c2ccc3c(c2)OCO3)=N[C@@H](C)C(=O)N1C. The molecule has 100 valence electrons. The minimum Gasteiger partial charge on any atom is -0.454 e. The lowest BCUT2D eigenvalue weighted by Crippen LogP contribution is -2.49. The number of carbonyl (C=O) groups excluding carboxylic acids is 1. The second-order valence-electron chi connectivity index (χ2n) is 4.88. The summed E-state index contributed by atoms with van der Waals surface area (Å²) in [5, 5.41) is 0. The Bertz CT molecular complexity index is 568. The van der Waals surface area contributed by atoms with Crippen LogP contribution in [-0.4, -0.2) is 42.4 Å². The van der Waals surface area contributed by atoms with Gasteiger partial charge in [0.1, 0.15) is 6.04 Å². The van der Waals surface area contributed by atoms with E-state index in [4.69, 9.17) is 9.47 Å². The first-order valence-electron chi connectivity index (χ1n) is 6.32. The number of hydrogen-bond acceptors (Lipinski definition) is 4. The number of aliphatic imine (C=N–C) groups is 1. The van der Waals surface area contributed by atoms with Crippen LogP contribution in [0.1, 0.15) is 19.4 Å². The number of fused-ring (bicyclic) bond motifs is 1. The van der Waals surface area contributed by atoms with Crippen LogP contribution in [0.2, 0.25) is 0 Å². The van der Waals surface area contributed by atoms with Crippen molar-refractivity contribution in [2.45, 2.75) is 25.9 Å². The van der Waals surface area contributed by atoms with Gasteiger partial charge in [-0.1, -0.05) is 0 Å². The van der Waals surface area contributed by atoms with Crippen LogP contribution in [-0.2, 0) is 4.79 Å². The first-order valence-corrected chi connectivity index (χ1v) is 6.32. The summed E-state index contributed by atoms with van der Waals surface area (Å²) >= 11 is 0. The quantitative estimate of drug-likeness (QED) is 0.768. The highest BCUT2D eigenvalue weighted by Gasteiger charge is 2.31. The van der Waals surface area contributed by atoms with Gasteiger partial charge >= 0.3 is 0 Å². The van der Waals surface area contributed by atoms with Gasteiger partial charge in [0.25, 0.3) is 0 Å². The fourth-order valence-electron chi connectivity index (χ4n) is 2.41. The number of nitrogens with zero attached hydrogens (tertiary/aromatic N) is 2. The Morgan fingerprint density at radius 2 is 2.00 bits per heavy atom. The van der Waals surface area contributed by atoms with E-state index in [9.17, 15) is 4.79 Å². The van der Waals surface area contributed by atoms with Gasteiger partial charge in [0.2, 0.25) is 12.7 Å². The van der Waals surface area contributed by atoms with Crippen LogP contribution >= 0.6 is 0 Å². The Balaban J connectivity index is 2.01. The molecule has 1 amide bonds. The summed E-state index contributed by atoms with van der Waals surface area (Å²) in [5.41, 5.74) is 1.89. The number of hydrogen-bond donors (Lipinski definition) is 0. The lowest BCUT2D eigenvalue weighted by Gasteiger charge is -2.33. The van der Waals surface area contributed by atoms with Gasteiger partial charge in [0.15, 0.2) is 11.5 Å². The summed E-state index contributed by atoms with van der Waals surface area (Å²) in [4.78, 5) is 18.1. The highest BCUT2D eigenvalue weighted by Crippen LogP contribution is 2.33. The van der Waals surface area contributed by atoms with Crippen molar-refractivity contribution in [2.75, 3.05) is 13.8 Å². The predicted molar refractivity (Wildman–Crippen MR) is 70.8 cm³/mol. The van der Waals surface area contributed by atoms with Crippen molar-refractivity contribution >= 4 is 11.6 Å². The van der Waals surface area contributed by atoms with Crippen LogP contribution in [0.25, 0.3) is 0 Å². The fraction of sp³-hybridized carbons (Fsp3) is 0.429. The summed E-state index contributed by atoms with van der Waals surface area (Å²) in [6.45, 7) is 4.06. The number of benzene rings is 1. The largest absolute Gasteiger partial charge is 0.454 e. The van der Waals surface area contributed by atoms with E-state index in [2.05, 4.69) is 4.99 Å². The van der Waals surface area contributed by atoms with Crippen molar-refractivity contribution in [2.24, 2.45) is 4.99 Å². The van der Waals surface area contributed by atoms with Gasteiger partial charge < -0.3 is 14.4 Å². The monoisotopic (exact) mass is 260 g/mol. The van der Waals surface area contributed by atoms with Gasteiger partial charge in [-0.15, -0.1) is 0 Å². The molecule has 0 saturated carbocycles. The van der Waals surface area contributed by atoms with E-state index in [-0.39, 0.29) is 24.8 Å². The Hall–Kier alpha value is -2.04. The van der Waals surface area contributed by atoms with Crippen molar-refractivity contribution in [1.82, 2.24) is 4.90 Å². The molecule has 1 unspecified atom stereocenters. The summed E-state index contributed by atoms with van der Waals surface area (Å²) in [6.07, 6.45) is 0. The van der Waals surface area contributed by atoms with Crippen LogP contribution in [0.4, 0.5) is 0 Å². The Labute approximate surface area is 111 Å². The molecule has 5 heteroatoms. The van der Waals surface area contributed by atoms with E-state index in [1.165, 1.54) is 0 Å². The molecule has 0 radical (unpaired) electrons. The molecule has 19 heavy (non-hydrogen) atoms. The fourth-order valence-corrected chi connectivity index (χ4v) is 2.41. The van der Waals surface area contributed by atoms with Gasteiger partial charge in [0, 0.05) is 12.6 Å². The molecule has 0 N–H and O–H groups in total. The maximum atomic E-state index is 11.9. The van der Waals surface area contributed by atoms with Crippen LogP contribution in [0, 0.1) is 0 Å². The number of rotatable bonds is 1. The average molecular weight is 260 g/mol. The second-order valence-corrected chi connectivity index (χ2v) is 4.88. The van der Waals surface area contributed by atoms with Gasteiger partial charge in [0.05, 0.1) is 11.8 Å². The molecule has 0 fully saturated rings. The molecular formula is C14H16N2O3. The van der Waals surface area contributed by atoms with E-state index >= 15 is 0 Å². The van der Waals surface area contributed by atoms with E-state index in [1.807, 2.05) is 39.1 Å². The molecule has 3 rings (SSSR count). The smallest absolute Gasteiger partial charge is 0.247 e. The molecule has 5 nitrogen and oxygen atoms in total. The summed E-state index contributed by atoms with van der Waals surface area (Å²) < 4.78 is 10.7. The first-order chi connectivity index (χ1) is 9.08. The van der Waals surface area contributed by atoms with Crippen LogP contribution in [0.15, 0.2) is 23.2 Å². The van der Waals surface area contributed by atoms with Crippen LogP contribution in [0.3, 0.4) is 0 Å². The number of likely N-dealkylation sites (N-methyl/N-ethyl adjacent to an activating group) is 1. The topological polar surface area (TPSA) is 51.1 Å². The minimum absolute atomic E-state index is 0.0379. The van der Waals surface area contributed by atoms with Gasteiger partial charge in [-0.25, -0.2) is 0 Å². The third kappa shape index (κ3) is 1.85. The maximum absolute atomic E-state index is 11.9. The van der Waals surface area contributed by atoms with Gasteiger partial charge in [-0.3, -0.25) is 9.79 Å². The van der Waals surface area contributed by atoms with E-state index in [1.54, 1.807) is 4.90 Å². The molecule has 1 aromatic rings. The predicted octanol–water partition coefficient (Wildman–Crippen LogP) is 1.45. The number of ether oxygens (including phenoxy) is 2. The Morgan fingerprint density at radius 1 is 1.26 bits per heavy atom. The van der Waals surface area contributed by atoms with Crippen molar-refractivity contribution in [3.8, 4) is 11.5 Å². The normalized spacial score (nSPS) is 25.5. The number of amides is 1. The highest BCUT2D eigenvalue weighted by atomic mass is 16.7. The van der Waals surface area contributed by atoms with Crippen molar-refractivity contribution < 1.29 is 14.3 Å². The molecule has 1 aromatic carbocycles. The van der Waals surface area contributed by atoms with E-state index in [0.717, 1.165) is 22.8 Å². The molecule has 0 saturated heterocycles. The summed E-state index contributed by atoms with van der Waals surface area (Å²) in [6, 6.07) is 5.40. The second kappa shape index (κ2) is 4.26. The maximum Gasteiger partial charge on any atom is 0.247 e. The third-order valence-electron chi connectivity index (χ3n) is 3.68. The van der Waals surface area contributed by atoms with Crippen molar-refractivity contribution in [3.05, 3.63) is 23.8 Å². The molecule has 0 aromatic heterocycles. The molecular weight excluding hydrogens is 244 g/mol. The van der Waals surface area contributed by atoms with Gasteiger partial charge in [-0.2, -0.15) is 0 Å². The standard InChI is InChI=1S/C14H16N2O3/c1-8-14(17)16(3)9(2)13(15-8)10-4-5-11-12(6-10)19-7-18-11/h4-6,8-9H,7H2,1-3H3/t8-,9?/m0/s1.